The van der Waals surface area contributed by atoms with Crippen LogP contribution in [-0.2, 0) is 6.42 Å². The van der Waals surface area contributed by atoms with Crippen molar-refractivity contribution in [2.24, 2.45) is 0 Å². The molecule has 0 aliphatic rings. The van der Waals surface area contributed by atoms with E-state index in [1.165, 1.54) is 26.1 Å². The number of benzene rings is 2. The zero-order chi connectivity index (χ0) is 18.0. The largest absolute Gasteiger partial charge is 0.207 e. The number of halogens is 1. The van der Waals surface area contributed by atoms with Crippen LogP contribution in [0.4, 0.5) is 4.39 Å². The fourth-order valence-corrected chi connectivity index (χ4v) is 4.33. The molecule has 0 saturated heterocycles. The maximum absolute atomic E-state index is 14.3. The first-order chi connectivity index (χ1) is 12.0. The Kier molecular flexibility index (Phi) is 5.58. The highest BCUT2D eigenvalue weighted by Gasteiger charge is 2.11. The molecular formula is C23H27FS. The molecule has 0 amide bonds. The van der Waals surface area contributed by atoms with Gasteiger partial charge in [-0.15, -0.1) is 11.3 Å². The van der Waals surface area contributed by atoms with Gasteiger partial charge in [0.15, 0.2) is 0 Å². The van der Waals surface area contributed by atoms with Crippen LogP contribution in [0.25, 0.3) is 10.1 Å². The lowest BCUT2D eigenvalue weighted by Crippen LogP contribution is -1.97. The van der Waals surface area contributed by atoms with Gasteiger partial charge < -0.3 is 0 Å². The molecule has 0 bridgehead atoms. The van der Waals surface area contributed by atoms with Gasteiger partial charge >= 0.3 is 0 Å². The molecular weight excluding hydrogens is 327 g/mol. The van der Waals surface area contributed by atoms with Gasteiger partial charge in [0.1, 0.15) is 5.82 Å². The van der Waals surface area contributed by atoms with E-state index in [-0.39, 0.29) is 5.82 Å². The molecule has 2 unspecified atom stereocenters. The highest BCUT2D eigenvalue weighted by molar-refractivity contribution is 7.19. The Morgan fingerprint density at radius 1 is 0.880 bits per heavy atom. The molecule has 2 heteroatoms. The zero-order valence-corrected chi connectivity index (χ0v) is 16.4. The minimum atomic E-state index is -0.0928. The fourth-order valence-electron chi connectivity index (χ4n) is 3.19. The predicted octanol–water partition coefficient (Wildman–Crippen LogP) is 7.66. The van der Waals surface area contributed by atoms with Gasteiger partial charge in [-0.25, -0.2) is 4.39 Å². The summed E-state index contributed by atoms with van der Waals surface area (Å²) in [5.41, 5.74) is 3.44. The van der Waals surface area contributed by atoms with Gasteiger partial charge in [0.05, 0.1) is 0 Å². The molecule has 3 aromatic rings. The van der Waals surface area contributed by atoms with Gasteiger partial charge in [-0.05, 0) is 65.0 Å². The second-order valence-electron chi connectivity index (χ2n) is 7.16. The van der Waals surface area contributed by atoms with E-state index in [0.717, 1.165) is 18.4 Å². The maximum Gasteiger partial charge on any atom is 0.126 e. The Morgan fingerprint density at radius 3 is 2.20 bits per heavy atom. The lowest BCUT2D eigenvalue weighted by molar-refractivity contribution is 0.611. The Labute approximate surface area is 154 Å². The molecule has 2 atom stereocenters. The quantitative estimate of drug-likeness (QED) is 0.426. The summed E-state index contributed by atoms with van der Waals surface area (Å²) in [6.07, 6.45) is 2.90. The van der Waals surface area contributed by atoms with Crippen LogP contribution < -0.4 is 0 Å². The van der Waals surface area contributed by atoms with E-state index in [1.54, 1.807) is 17.4 Å². The summed E-state index contributed by atoms with van der Waals surface area (Å²) in [7, 11) is 0. The second-order valence-corrected chi connectivity index (χ2v) is 8.32. The highest BCUT2D eigenvalue weighted by atomic mass is 32.1. The molecule has 0 aliphatic carbocycles. The van der Waals surface area contributed by atoms with Gasteiger partial charge in [0.25, 0.3) is 0 Å². The summed E-state index contributed by atoms with van der Waals surface area (Å²) in [4.78, 5) is 1.23. The topological polar surface area (TPSA) is 0 Å². The number of fused-ring (bicyclic) bond motifs is 1. The summed E-state index contributed by atoms with van der Waals surface area (Å²) >= 11 is 1.80. The molecule has 0 radical (unpaired) electrons. The third-order valence-corrected chi connectivity index (χ3v) is 6.49. The van der Waals surface area contributed by atoms with Gasteiger partial charge in [0.2, 0.25) is 0 Å². The minimum absolute atomic E-state index is 0.0928. The average Bonchev–Trinajstić information content (AvgIpc) is 3.03. The fraction of sp³-hybridized carbons (Fsp3) is 0.391. The van der Waals surface area contributed by atoms with E-state index < -0.39 is 0 Å². The van der Waals surface area contributed by atoms with Crippen LogP contribution in [0.15, 0.2) is 42.5 Å². The molecule has 132 valence electrons. The number of hydrogen-bond donors (Lipinski definition) is 0. The average molecular weight is 355 g/mol. The van der Waals surface area contributed by atoms with E-state index in [2.05, 4.69) is 58.0 Å². The van der Waals surface area contributed by atoms with Crippen molar-refractivity contribution in [1.29, 1.82) is 0 Å². The molecule has 3 rings (SSSR count). The highest BCUT2D eigenvalue weighted by Crippen LogP contribution is 2.32. The predicted molar refractivity (Wildman–Crippen MR) is 108 cm³/mol. The zero-order valence-electron chi connectivity index (χ0n) is 15.6. The standard InChI is InChI=1S/C23H27FS/c1-5-15(3)17-9-10-22(24)20(11-17)13-21-12-19-8-7-18(16(4)6-2)14-23(19)25-21/h7-12,14-16H,5-6,13H2,1-4H3. The first-order valence-corrected chi connectivity index (χ1v) is 10.1. The SMILES string of the molecule is CCC(C)c1ccc(F)c(Cc2cc3ccc(C(C)CC)cc3s2)c1. The van der Waals surface area contributed by atoms with E-state index in [1.807, 2.05) is 6.07 Å². The van der Waals surface area contributed by atoms with E-state index >= 15 is 0 Å². The van der Waals surface area contributed by atoms with Crippen LogP contribution in [0.5, 0.6) is 0 Å². The van der Waals surface area contributed by atoms with Crippen LogP contribution in [0.2, 0.25) is 0 Å². The van der Waals surface area contributed by atoms with Crippen molar-refractivity contribution in [1.82, 2.24) is 0 Å². The van der Waals surface area contributed by atoms with Gasteiger partial charge in [-0.3, -0.25) is 0 Å². The summed E-state index contributed by atoms with van der Waals surface area (Å²) < 4.78 is 15.6. The normalized spacial score (nSPS) is 14.0. The molecule has 1 aromatic heterocycles. The lowest BCUT2D eigenvalue weighted by Gasteiger charge is -2.11. The number of hydrogen-bond acceptors (Lipinski definition) is 1. The first-order valence-electron chi connectivity index (χ1n) is 9.32. The maximum atomic E-state index is 14.3. The van der Waals surface area contributed by atoms with Crippen molar-refractivity contribution < 1.29 is 4.39 Å². The van der Waals surface area contributed by atoms with E-state index in [9.17, 15) is 4.39 Å². The van der Waals surface area contributed by atoms with Gasteiger partial charge in [-0.2, -0.15) is 0 Å². The minimum Gasteiger partial charge on any atom is -0.207 e. The summed E-state index contributed by atoms with van der Waals surface area (Å²) in [6.45, 7) is 8.87. The Balaban J connectivity index is 1.90. The molecule has 0 aliphatic heterocycles. The van der Waals surface area contributed by atoms with Gasteiger partial charge in [-0.1, -0.05) is 52.0 Å². The summed E-state index contributed by atoms with van der Waals surface area (Å²) in [6, 6.07) is 14.6. The van der Waals surface area contributed by atoms with Gasteiger partial charge in [0, 0.05) is 16.0 Å². The van der Waals surface area contributed by atoms with E-state index in [4.69, 9.17) is 0 Å². The Hall–Kier alpha value is -1.67. The lowest BCUT2D eigenvalue weighted by atomic mass is 9.95. The van der Waals surface area contributed by atoms with Crippen LogP contribution in [0.1, 0.15) is 73.9 Å². The summed E-state index contributed by atoms with van der Waals surface area (Å²) in [5, 5.41) is 1.27. The smallest absolute Gasteiger partial charge is 0.126 e. The van der Waals surface area contributed by atoms with Crippen LogP contribution in [0.3, 0.4) is 0 Å². The van der Waals surface area contributed by atoms with Crippen molar-refractivity contribution in [3.63, 3.8) is 0 Å². The molecule has 0 nitrogen and oxygen atoms in total. The molecule has 25 heavy (non-hydrogen) atoms. The van der Waals surface area contributed by atoms with Crippen molar-refractivity contribution in [3.05, 3.63) is 69.8 Å². The van der Waals surface area contributed by atoms with Crippen molar-refractivity contribution in [2.75, 3.05) is 0 Å². The van der Waals surface area contributed by atoms with Crippen LogP contribution in [0, 0.1) is 5.82 Å². The van der Waals surface area contributed by atoms with Crippen LogP contribution in [-0.4, -0.2) is 0 Å². The van der Waals surface area contributed by atoms with Crippen LogP contribution >= 0.6 is 11.3 Å². The third kappa shape index (κ3) is 3.95. The molecule has 2 aromatic carbocycles. The summed E-state index contributed by atoms with van der Waals surface area (Å²) in [5.74, 6) is 0.962. The van der Waals surface area contributed by atoms with E-state index in [0.29, 0.717) is 18.3 Å². The Morgan fingerprint density at radius 2 is 1.52 bits per heavy atom. The number of rotatable bonds is 6. The first kappa shape index (κ1) is 18.1. The second kappa shape index (κ2) is 7.70. The monoisotopic (exact) mass is 354 g/mol. The van der Waals surface area contributed by atoms with Crippen molar-refractivity contribution >= 4 is 21.4 Å². The Bertz CT molecular complexity index is 862. The molecule has 0 fully saturated rings. The van der Waals surface area contributed by atoms with Crippen molar-refractivity contribution in [3.8, 4) is 0 Å². The molecule has 0 N–H and O–H groups in total. The third-order valence-electron chi connectivity index (χ3n) is 5.39. The molecule has 0 saturated carbocycles. The number of thiophene rings is 1. The van der Waals surface area contributed by atoms with Crippen molar-refractivity contribution in [2.45, 2.75) is 58.8 Å². The molecule has 1 heterocycles. The molecule has 0 spiro atoms.